The summed E-state index contributed by atoms with van der Waals surface area (Å²) in [5.74, 6) is -7.41. The maximum atomic E-state index is 13.3. The zero-order chi connectivity index (χ0) is 16.0. The van der Waals surface area contributed by atoms with Gasteiger partial charge in [0.15, 0.2) is 0 Å². The predicted octanol–water partition coefficient (Wildman–Crippen LogP) is 5.07. The molecule has 1 aliphatic rings. The van der Waals surface area contributed by atoms with Crippen LogP contribution in [0.2, 0.25) is 0 Å². The van der Waals surface area contributed by atoms with E-state index in [2.05, 4.69) is 0 Å². The van der Waals surface area contributed by atoms with Crippen LogP contribution in [0.3, 0.4) is 0 Å². The number of hydrogen-bond acceptors (Lipinski definition) is 2. The molecular weight excluding hydrogens is 350 g/mol. The summed E-state index contributed by atoms with van der Waals surface area (Å²) in [4.78, 5) is -2.69. The summed E-state index contributed by atoms with van der Waals surface area (Å²) in [6, 6.07) is 0. The van der Waals surface area contributed by atoms with E-state index in [-0.39, 0.29) is 0 Å². The van der Waals surface area contributed by atoms with E-state index in [1.165, 1.54) is 0 Å². The molecule has 0 nitrogen and oxygen atoms in total. The van der Waals surface area contributed by atoms with E-state index in [0.29, 0.717) is 0 Å². The Balaban J connectivity index is 3.59. The van der Waals surface area contributed by atoms with Crippen LogP contribution in [0.5, 0.6) is 0 Å². The summed E-state index contributed by atoms with van der Waals surface area (Å²) in [6.45, 7) is 0. The van der Waals surface area contributed by atoms with Crippen molar-refractivity contribution in [1.29, 1.82) is 0 Å². The van der Waals surface area contributed by atoms with E-state index in [0.717, 1.165) is 0 Å². The van der Waals surface area contributed by atoms with Crippen LogP contribution >= 0.6 is 23.5 Å². The van der Waals surface area contributed by atoms with Gasteiger partial charge in [-0.2, -0.15) is 43.9 Å². The fraction of sp³-hybridized carbons (Fsp3) is 0.750. The lowest BCUT2D eigenvalue weighted by Crippen LogP contribution is -2.41. The highest BCUT2D eigenvalue weighted by Crippen LogP contribution is 2.56. The summed E-state index contributed by atoms with van der Waals surface area (Å²) in [5.41, 5.74) is -3.14. The quantitative estimate of drug-likeness (QED) is 0.603. The van der Waals surface area contributed by atoms with Crippen LogP contribution in [0, 0.1) is 0 Å². The zero-order valence-electron chi connectivity index (χ0n) is 9.01. The van der Waals surface area contributed by atoms with E-state index in [9.17, 15) is 43.9 Å². The van der Waals surface area contributed by atoms with Crippen molar-refractivity contribution in [3.05, 3.63) is 10.5 Å². The average molecular weight is 354 g/mol. The van der Waals surface area contributed by atoms with Gasteiger partial charge in [-0.25, -0.2) is 0 Å². The molecule has 1 heterocycles. The van der Waals surface area contributed by atoms with Gasteiger partial charge in [-0.3, -0.25) is 0 Å². The lowest BCUT2D eigenvalue weighted by molar-refractivity contribution is -0.262. The summed E-state index contributed by atoms with van der Waals surface area (Å²) >= 11 is -1.18. The van der Waals surface area contributed by atoms with Crippen molar-refractivity contribution in [2.45, 2.75) is 23.5 Å². The highest BCUT2D eigenvalue weighted by Gasteiger charge is 2.66. The highest BCUT2D eigenvalue weighted by atomic mass is 32.2. The lowest BCUT2D eigenvalue weighted by Gasteiger charge is -2.27. The van der Waals surface area contributed by atoms with E-state index in [4.69, 9.17) is 0 Å². The normalized spacial score (nSPS) is 21.9. The Hall–Kier alpha value is -0.260. The number of alkyl halides is 10. The molecule has 0 aromatic rings. The number of hydrogen-bond donors (Lipinski definition) is 0. The lowest BCUT2D eigenvalue weighted by atomic mass is 10.1. The minimum absolute atomic E-state index is 0.556. The molecule has 0 spiro atoms. The van der Waals surface area contributed by atoms with Crippen molar-refractivity contribution in [3.63, 3.8) is 0 Å². The molecule has 20 heavy (non-hydrogen) atoms. The molecule has 0 unspecified atom stereocenters. The van der Waals surface area contributed by atoms with Crippen LogP contribution in [-0.4, -0.2) is 35.0 Å². The first-order chi connectivity index (χ1) is 8.71. The molecule has 0 saturated heterocycles. The van der Waals surface area contributed by atoms with Gasteiger partial charge in [0.1, 0.15) is 5.57 Å². The Morgan fingerprint density at radius 1 is 0.850 bits per heavy atom. The third kappa shape index (κ3) is 3.31. The molecule has 0 bridgehead atoms. The maximum Gasteiger partial charge on any atom is 0.458 e. The van der Waals surface area contributed by atoms with Crippen molar-refractivity contribution in [2.75, 3.05) is 11.5 Å². The topological polar surface area (TPSA) is 0 Å². The number of rotatable bonds is 1. The molecule has 0 aromatic heterocycles. The molecule has 0 atom stereocenters. The largest absolute Gasteiger partial charge is 0.458 e. The SMILES string of the molecule is FC(F)(F)C1=C(C(F)(F)C(F)(F)F)SCCSC1(F)F. The Morgan fingerprint density at radius 2 is 1.35 bits per heavy atom. The Kier molecular flexibility index (Phi) is 4.61. The van der Waals surface area contributed by atoms with Crippen LogP contribution in [0.15, 0.2) is 10.5 Å². The first kappa shape index (κ1) is 17.8. The van der Waals surface area contributed by atoms with Gasteiger partial charge in [0.05, 0.1) is 4.91 Å². The third-order valence-corrected chi connectivity index (χ3v) is 4.45. The van der Waals surface area contributed by atoms with E-state index < -0.39 is 69.0 Å². The molecule has 118 valence electrons. The van der Waals surface area contributed by atoms with Gasteiger partial charge in [0.25, 0.3) is 0 Å². The van der Waals surface area contributed by atoms with Gasteiger partial charge >= 0.3 is 23.5 Å². The maximum absolute atomic E-state index is 13.3. The minimum Gasteiger partial charge on any atom is -0.190 e. The summed E-state index contributed by atoms with van der Waals surface area (Å²) in [5, 5.41) is -4.87. The fourth-order valence-electron chi connectivity index (χ4n) is 1.26. The van der Waals surface area contributed by atoms with Gasteiger partial charge < -0.3 is 0 Å². The van der Waals surface area contributed by atoms with Crippen LogP contribution in [0.4, 0.5) is 43.9 Å². The number of halogens is 10. The second-order valence-corrected chi connectivity index (χ2v) is 5.80. The van der Waals surface area contributed by atoms with Crippen molar-refractivity contribution in [1.82, 2.24) is 0 Å². The highest BCUT2D eigenvalue weighted by molar-refractivity contribution is 8.06. The van der Waals surface area contributed by atoms with Crippen LogP contribution in [0.25, 0.3) is 0 Å². The molecule has 1 rings (SSSR count). The predicted molar refractivity (Wildman–Crippen MR) is 53.9 cm³/mol. The summed E-state index contributed by atoms with van der Waals surface area (Å²) in [6.07, 6.45) is -12.4. The fourth-order valence-corrected chi connectivity index (χ4v) is 3.50. The van der Waals surface area contributed by atoms with Gasteiger partial charge in [-0.1, -0.05) is 11.8 Å². The molecule has 0 aliphatic carbocycles. The molecule has 0 fully saturated rings. The van der Waals surface area contributed by atoms with E-state index in [1.54, 1.807) is 0 Å². The zero-order valence-corrected chi connectivity index (χ0v) is 10.6. The van der Waals surface area contributed by atoms with Gasteiger partial charge in [0, 0.05) is 11.5 Å². The van der Waals surface area contributed by atoms with Crippen molar-refractivity contribution in [2.24, 2.45) is 0 Å². The Morgan fingerprint density at radius 3 is 1.75 bits per heavy atom. The van der Waals surface area contributed by atoms with Crippen LogP contribution < -0.4 is 0 Å². The first-order valence-corrected chi connectivity index (χ1v) is 6.60. The van der Waals surface area contributed by atoms with Gasteiger partial charge in [-0.05, 0) is 0 Å². The average Bonchev–Trinajstić information content (AvgIpc) is 2.33. The Bertz CT molecular complexity index is 404. The second kappa shape index (κ2) is 5.18. The molecule has 0 aromatic carbocycles. The Labute approximate surface area is 113 Å². The molecule has 1 aliphatic heterocycles. The standard InChI is InChI=1S/C8H4F10S2/c9-5(10,8(16,17)18)4-3(6(11,12)13)7(14,15)20-2-1-19-4/h1-2H2. The molecular formula is C8H4F10S2. The van der Waals surface area contributed by atoms with Gasteiger partial charge in [-0.15, -0.1) is 11.8 Å². The molecule has 0 radical (unpaired) electrons. The van der Waals surface area contributed by atoms with E-state index in [1.807, 2.05) is 0 Å². The second-order valence-electron chi connectivity index (χ2n) is 3.49. The number of allylic oxidation sites excluding steroid dienone is 1. The molecule has 12 heteroatoms. The third-order valence-electron chi connectivity index (χ3n) is 2.06. The first-order valence-electron chi connectivity index (χ1n) is 4.63. The molecule has 0 saturated carbocycles. The van der Waals surface area contributed by atoms with Crippen molar-refractivity contribution < 1.29 is 43.9 Å². The van der Waals surface area contributed by atoms with E-state index >= 15 is 0 Å². The van der Waals surface area contributed by atoms with Crippen molar-refractivity contribution >= 4 is 23.5 Å². The minimum atomic E-state index is -6.39. The van der Waals surface area contributed by atoms with Crippen LogP contribution in [0.1, 0.15) is 0 Å². The van der Waals surface area contributed by atoms with Gasteiger partial charge in [0.2, 0.25) is 0 Å². The molecule has 0 N–H and O–H groups in total. The molecule has 0 amide bonds. The summed E-state index contributed by atoms with van der Waals surface area (Å²) in [7, 11) is 0. The summed E-state index contributed by atoms with van der Waals surface area (Å²) < 4.78 is 127. The smallest absolute Gasteiger partial charge is 0.190 e. The van der Waals surface area contributed by atoms with Crippen molar-refractivity contribution in [3.8, 4) is 0 Å². The monoisotopic (exact) mass is 354 g/mol. The van der Waals surface area contributed by atoms with Crippen LogP contribution in [-0.2, 0) is 0 Å². The number of thioether (sulfide) groups is 2.